The van der Waals surface area contributed by atoms with Crippen molar-refractivity contribution in [2.24, 2.45) is 5.92 Å². The number of hydrogen-bond acceptors (Lipinski definition) is 4. The van der Waals surface area contributed by atoms with Gasteiger partial charge in [-0.15, -0.1) is 0 Å². The van der Waals surface area contributed by atoms with Crippen LogP contribution in [0.5, 0.6) is 0 Å². The molecule has 0 bridgehead atoms. The zero-order valence-corrected chi connectivity index (χ0v) is 13.4. The number of para-hydroxylation sites is 1. The van der Waals surface area contributed by atoms with Crippen LogP contribution in [0.25, 0.3) is 10.9 Å². The van der Waals surface area contributed by atoms with Gasteiger partial charge in [0, 0.05) is 13.1 Å². The first-order valence-electron chi connectivity index (χ1n) is 8.05. The summed E-state index contributed by atoms with van der Waals surface area (Å²) >= 11 is 0. The van der Waals surface area contributed by atoms with Gasteiger partial charge in [0.15, 0.2) is 0 Å². The van der Waals surface area contributed by atoms with Crippen molar-refractivity contribution in [1.29, 1.82) is 0 Å². The third-order valence-corrected chi connectivity index (χ3v) is 4.50. The maximum Gasteiger partial charge on any atom is 0.261 e. The predicted molar refractivity (Wildman–Crippen MR) is 89.2 cm³/mol. The van der Waals surface area contributed by atoms with Crippen LogP contribution in [0.3, 0.4) is 0 Å². The Labute approximate surface area is 135 Å². The SMILES string of the molecule is CNCC1CCN(C(=O)Cn2cnc3ccccc3c2=O)CC1. The summed E-state index contributed by atoms with van der Waals surface area (Å²) < 4.78 is 1.41. The van der Waals surface area contributed by atoms with Gasteiger partial charge in [-0.3, -0.25) is 14.2 Å². The molecule has 1 aromatic heterocycles. The van der Waals surface area contributed by atoms with Gasteiger partial charge in [0.25, 0.3) is 5.56 Å². The molecule has 2 aromatic rings. The summed E-state index contributed by atoms with van der Waals surface area (Å²) in [5.41, 5.74) is 0.503. The van der Waals surface area contributed by atoms with Crippen LogP contribution in [0.4, 0.5) is 0 Å². The lowest BCUT2D eigenvalue weighted by molar-refractivity contribution is -0.133. The fraction of sp³-hybridized carbons (Fsp3) is 0.471. The van der Waals surface area contributed by atoms with E-state index in [4.69, 9.17) is 0 Å². The van der Waals surface area contributed by atoms with Crippen molar-refractivity contribution in [3.8, 4) is 0 Å². The second kappa shape index (κ2) is 6.91. The van der Waals surface area contributed by atoms with E-state index in [0.717, 1.165) is 32.5 Å². The molecule has 6 nitrogen and oxygen atoms in total. The van der Waals surface area contributed by atoms with Crippen LogP contribution in [0.2, 0.25) is 0 Å². The molecule has 0 radical (unpaired) electrons. The van der Waals surface area contributed by atoms with E-state index in [1.54, 1.807) is 12.1 Å². The van der Waals surface area contributed by atoms with E-state index in [-0.39, 0.29) is 18.0 Å². The lowest BCUT2D eigenvalue weighted by atomic mass is 9.97. The highest BCUT2D eigenvalue weighted by Crippen LogP contribution is 2.16. The number of benzene rings is 1. The van der Waals surface area contributed by atoms with Crippen LogP contribution < -0.4 is 10.9 Å². The molecule has 2 heterocycles. The molecule has 1 aliphatic heterocycles. The van der Waals surface area contributed by atoms with E-state index in [9.17, 15) is 9.59 Å². The van der Waals surface area contributed by atoms with Gasteiger partial charge < -0.3 is 10.2 Å². The van der Waals surface area contributed by atoms with Crippen LogP contribution >= 0.6 is 0 Å². The average molecular weight is 314 g/mol. The first-order chi connectivity index (χ1) is 11.2. The van der Waals surface area contributed by atoms with Crippen molar-refractivity contribution in [3.05, 3.63) is 40.9 Å². The standard InChI is InChI=1S/C17H22N4O2/c1-18-10-13-6-8-20(9-7-13)16(22)11-21-12-19-15-5-3-2-4-14(15)17(21)23/h2-5,12-13,18H,6-11H2,1H3. The van der Waals surface area contributed by atoms with Gasteiger partial charge in [0.2, 0.25) is 5.91 Å². The molecule has 0 atom stereocenters. The fourth-order valence-corrected chi connectivity index (χ4v) is 3.14. The van der Waals surface area contributed by atoms with Gasteiger partial charge in [0.05, 0.1) is 17.2 Å². The van der Waals surface area contributed by atoms with Crippen molar-refractivity contribution in [1.82, 2.24) is 19.8 Å². The number of fused-ring (bicyclic) bond motifs is 1. The molecular weight excluding hydrogens is 292 g/mol. The third kappa shape index (κ3) is 3.42. The van der Waals surface area contributed by atoms with Crippen LogP contribution in [0.15, 0.2) is 35.4 Å². The Hall–Kier alpha value is -2.21. The van der Waals surface area contributed by atoms with E-state index < -0.39 is 0 Å². The van der Waals surface area contributed by atoms with Crippen molar-refractivity contribution in [2.45, 2.75) is 19.4 Å². The summed E-state index contributed by atoms with van der Waals surface area (Å²) in [4.78, 5) is 31.0. The van der Waals surface area contributed by atoms with Crippen molar-refractivity contribution in [2.75, 3.05) is 26.7 Å². The highest BCUT2D eigenvalue weighted by atomic mass is 16.2. The summed E-state index contributed by atoms with van der Waals surface area (Å²) in [6.45, 7) is 2.59. The number of piperidine rings is 1. The Balaban J connectivity index is 1.69. The van der Waals surface area contributed by atoms with Crippen LogP contribution in [-0.4, -0.2) is 47.0 Å². The zero-order valence-electron chi connectivity index (χ0n) is 13.4. The van der Waals surface area contributed by atoms with Gasteiger partial charge in [-0.05, 0) is 44.5 Å². The Kier molecular flexibility index (Phi) is 4.71. The van der Waals surface area contributed by atoms with Gasteiger partial charge >= 0.3 is 0 Å². The summed E-state index contributed by atoms with van der Waals surface area (Å²) in [5, 5.41) is 3.74. The minimum atomic E-state index is -0.158. The lowest BCUT2D eigenvalue weighted by Gasteiger charge is -2.32. The highest BCUT2D eigenvalue weighted by Gasteiger charge is 2.22. The molecule has 1 aromatic carbocycles. The topological polar surface area (TPSA) is 67.2 Å². The molecule has 1 saturated heterocycles. The average Bonchev–Trinajstić information content (AvgIpc) is 2.58. The van der Waals surface area contributed by atoms with Crippen LogP contribution in [-0.2, 0) is 11.3 Å². The van der Waals surface area contributed by atoms with Crippen molar-refractivity contribution < 1.29 is 4.79 Å². The highest BCUT2D eigenvalue weighted by molar-refractivity contribution is 5.79. The largest absolute Gasteiger partial charge is 0.341 e. The zero-order chi connectivity index (χ0) is 16.2. The molecule has 6 heteroatoms. The smallest absolute Gasteiger partial charge is 0.261 e. The summed E-state index contributed by atoms with van der Waals surface area (Å²) in [6.07, 6.45) is 3.49. The molecule has 0 aliphatic carbocycles. The number of likely N-dealkylation sites (tertiary alicyclic amines) is 1. The Morgan fingerprint density at radius 3 is 2.78 bits per heavy atom. The number of aromatic nitrogens is 2. The predicted octanol–water partition coefficient (Wildman–Crippen LogP) is 0.855. The number of nitrogens with one attached hydrogen (secondary N) is 1. The third-order valence-electron chi connectivity index (χ3n) is 4.50. The number of nitrogens with zero attached hydrogens (tertiary/aromatic N) is 3. The normalized spacial score (nSPS) is 16.0. The monoisotopic (exact) mass is 314 g/mol. The Bertz CT molecular complexity index is 748. The first-order valence-corrected chi connectivity index (χ1v) is 8.05. The van der Waals surface area contributed by atoms with E-state index in [2.05, 4.69) is 10.3 Å². The van der Waals surface area contributed by atoms with Gasteiger partial charge in [-0.25, -0.2) is 4.98 Å². The lowest BCUT2D eigenvalue weighted by Crippen LogP contribution is -2.43. The Morgan fingerprint density at radius 1 is 1.30 bits per heavy atom. The second-order valence-corrected chi connectivity index (χ2v) is 6.08. The summed E-state index contributed by atoms with van der Waals surface area (Å²) in [7, 11) is 1.96. The molecule has 0 saturated carbocycles. The number of hydrogen-bond donors (Lipinski definition) is 1. The molecule has 1 amide bonds. The number of rotatable bonds is 4. The molecular formula is C17H22N4O2. The minimum Gasteiger partial charge on any atom is -0.341 e. The van der Waals surface area contributed by atoms with Crippen LogP contribution in [0.1, 0.15) is 12.8 Å². The summed E-state index contributed by atoms with van der Waals surface area (Å²) in [6, 6.07) is 7.20. The summed E-state index contributed by atoms with van der Waals surface area (Å²) in [5.74, 6) is 0.626. The Morgan fingerprint density at radius 2 is 2.04 bits per heavy atom. The molecule has 0 spiro atoms. The molecule has 122 valence electrons. The fourth-order valence-electron chi connectivity index (χ4n) is 3.14. The second-order valence-electron chi connectivity index (χ2n) is 6.08. The van der Waals surface area contributed by atoms with Crippen LogP contribution in [0, 0.1) is 5.92 Å². The van der Waals surface area contributed by atoms with Crippen molar-refractivity contribution >= 4 is 16.8 Å². The number of carbonyl (C=O) groups excluding carboxylic acids is 1. The van der Waals surface area contributed by atoms with E-state index >= 15 is 0 Å². The van der Waals surface area contributed by atoms with Gasteiger partial charge in [-0.2, -0.15) is 0 Å². The van der Waals surface area contributed by atoms with E-state index in [1.165, 1.54) is 10.9 Å². The van der Waals surface area contributed by atoms with Gasteiger partial charge in [0.1, 0.15) is 6.54 Å². The number of carbonyl (C=O) groups is 1. The molecule has 3 rings (SSSR count). The molecule has 1 N–H and O–H groups in total. The maximum atomic E-state index is 12.4. The first kappa shape index (κ1) is 15.7. The quantitative estimate of drug-likeness (QED) is 0.909. The van der Waals surface area contributed by atoms with Gasteiger partial charge in [-0.1, -0.05) is 12.1 Å². The number of amides is 1. The maximum absolute atomic E-state index is 12.4. The van der Waals surface area contributed by atoms with E-state index in [0.29, 0.717) is 16.8 Å². The molecule has 23 heavy (non-hydrogen) atoms. The minimum absolute atomic E-state index is 0.00733. The molecule has 1 fully saturated rings. The van der Waals surface area contributed by atoms with E-state index in [1.807, 2.05) is 24.1 Å². The molecule has 1 aliphatic rings. The van der Waals surface area contributed by atoms with Crippen molar-refractivity contribution in [3.63, 3.8) is 0 Å². The molecule has 0 unspecified atom stereocenters.